The van der Waals surface area contributed by atoms with Crippen molar-refractivity contribution >= 4 is 22.6 Å². The summed E-state index contributed by atoms with van der Waals surface area (Å²) in [4.78, 5) is 0. The van der Waals surface area contributed by atoms with Gasteiger partial charge in [-0.3, -0.25) is 0 Å². The summed E-state index contributed by atoms with van der Waals surface area (Å²) >= 11 is 2.07. The fourth-order valence-electron chi connectivity index (χ4n) is 0.793. The average molecular weight is 265 g/mol. The largest absolute Gasteiger partial charge is 0.313 e. The molecule has 0 unspecified atom stereocenters. The Morgan fingerprint density at radius 3 is 2.55 bits per heavy atom. The third-order valence-electron chi connectivity index (χ3n) is 1.39. The Kier molecular flexibility index (Phi) is 2.49. The molecule has 0 heterocycles. The maximum Gasteiger partial charge on any atom is 0.123 e. The van der Waals surface area contributed by atoms with E-state index in [-0.39, 0.29) is 5.82 Å². The summed E-state index contributed by atoms with van der Waals surface area (Å²) in [7, 11) is 0. The monoisotopic (exact) mass is 265 g/mol. The Morgan fingerprint density at radius 1 is 1.55 bits per heavy atom. The normalized spacial score (nSPS) is 16.0. The topological polar surface area (TPSA) is 26.0 Å². The highest BCUT2D eigenvalue weighted by atomic mass is 127. The van der Waals surface area contributed by atoms with Gasteiger partial charge in [-0.15, -0.1) is 0 Å². The molecule has 0 aliphatic rings. The third kappa shape index (κ3) is 2.41. The first-order valence-electron chi connectivity index (χ1n) is 3.24. The van der Waals surface area contributed by atoms with Crippen molar-refractivity contribution < 1.29 is 4.39 Å². The number of nitrogens with two attached hydrogens (primary N) is 1. The molecule has 0 aromatic heterocycles. The summed E-state index contributed by atoms with van der Waals surface area (Å²) in [5, 5.41) is 0. The highest BCUT2D eigenvalue weighted by Crippen LogP contribution is 2.24. The second kappa shape index (κ2) is 3.06. The number of rotatable bonds is 1. The van der Waals surface area contributed by atoms with E-state index in [0.717, 1.165) is 5.56 Å². The summed E-state index contributed by atoms with van der Waals surface area (Å²) in [6, 6.07) is 6.34. The molecule has 0 aliphatic carbocycles. The van der Waals surface area contributed by atoms with Gasteiger partial charge >= 0.3 is 0 Å². The maximum atomic E-state index is 12.6. The lowest BCUT2D eigenvalue weighted by Crippen LogP contribution is -2.24. The minimum atomic E-state index is -0.486. The fraction of sp³-hybridized carbons (Fsp3) is 0.250. The van der Waals surface area contributed by atoms with Gasteiger partial charge in [0.15, 0.2) is 0 Å². The van der Waals surface area contributed by atoms with Crippen LogP contribution in [0.25, 0.3) is 0 Å². The SMILES string of the molecule is C[C@](N)(I)c1cccc(F)c1. The van der Waals surface area contributed by atoms with Crippen LogP contribution in [-0.2, 0) is 3.55 Å². The van der Waals surface area contributed by atoms with Gasteiger partial charge in [0.25, 0.3) is 0 Å². The highest BCUT2D eigenvalue weighted by Gasteiger charge is 2.15. The summed E-state index contributed by atoms with van der Waals surface area (Å²) in [5.74, 6) is -0.240. The van der Waals surface area contributed by atoms with Crippen LogP contribution in [0.3, 0.4) is 0 Å². The van der Waals surface area contributed by atoms with Gasteiger partial charge in [-0.1, -0.05) is 34.7 Å². The molecule has 1 aromatic rings. The van der Waals surface area contributed by atoms with Crippen molar-refractivity contribution in [3.05, 3.63) is 35.6 Å². The molecular weight excluding hydrogens is 256 g/mol. The lowest BCUT2D eigenvalue weighted by Gasteiger charge is -2.16. The van der Waals surface area contributed by atoms with Gasteiger partial charge in [0.05, 0.1) is 3.55 Å². The molecule has 0 saturated carbocycles. The predicted octanol–water partition coefficient (Wildman–Crippen LogP) is 2.39. The minimum absolute atomic E-state index is 0.240. The molecule has 1 aromatic carbocycles. The Morgan fingerprint density at radius 2 is 2.18 bits per heavy atom. The van der Waals surface area contributed by atoms with E-state index in [0.29, 0.717) is 0 Å². The molecule has 0 saturated heterocycles. The fourth-order valence-corrected chi connectivity index (χ4v) is 1.13. The zero-order valence-electron chi connectivity index (χ0n) is 6.14. The van der Waals surface area contributed by atoms with Crippen LogP contribution < -0.4 is 5.73 Å². The second-order valence-electron chi connectivity index (χ2n) is 2.59. The van der Waals surface area contributed by atoms with E-state index in [2.05, 4.69) is 22.6 Å². The van der Waals surface area contributed by atoms with Crippen LogP contribution >= 0.6 is 22.6 Å². The lowest BCUT2D eigenvalue weighted by molar-refractivity contribution is 0.621. The summed E-state index contributed by atoms with van der Waals surface area (Å²) in [6.45, 7) is 1.84. The summed E-state index contributed by atoms with van der Waals surface area (Å²) in [6.07, 6.45) is 0. The number of halogens is 2. The van der Waals surface area contributed by atoms with Gasteiger partial charge in [0, 0.05) is 0 Å². The van der Waals surface area contributed by atoms with Crippen molar-refractivity contribution in [3.8, 4) is 0 Å². The third-order valence-corrected chi connectivity index (χ3v) is 2.01. The first-order chi connectivity index (χ1) is 5.00. The molecule has 0 amide bonds. The molecule has 3 heteroatoms. The zero-order valence-corrected chi connectivity index (χ0v) is 8.30. The Bertz CT molecular complexity index is 255. The van der Waals surface area contributed by atoms with Gasteiger partial charge in [0.2, 0.25) is 0 Å². The predicted molar refractivity (Wildman–Crippen MR) is 52.0 cm³/mol. The second-order valence-corrected chi connectivity index (χ2v) is 4.83. The van der Waals surface area contributed by atoms with Gasteiger partial charge < -0.3 is 5.73 Å². The summed E-state index contributed by atoms with van der Waals surface area (Å²) < 4.78 is 12.2. The van der Waals surface area contributed by atoms with E-state index in [1.807, 2.05) is 13.0 Å². The number of hydrogen-bond acceptors (Lipinski definition) is 1. The van der Waals surface area contributed by atoms with Crippen LogP contribution in [0, 0.1) is 5.82 Å². The number of benzene rings is 1. The van der Waals surface area contributed by atoms with Crippen molar-refractivity contribution in [3.63, 3.8) is 0 Å². The molecule has 0 bridgehead atoms. The van der Waals surface area contributed by atoms with Crippen LogP contribution in [0.4, 0.5) is 4.39 Å². The Labute approximate surface area is 78.9 Å². The first-order valence-corrected chi connectivity index (χ1v) is 4.32. The molecule has 11 heavy (non-hydrogen) atoms. The maximum absolute atomic E-state index is 12.6. The smallest absolute Gasteiger partial charge is 0.123 e. The van der Waals surface area contributed by atoms with Crippen LogP contribution in [0.5, 0.6) is 0 Å². The Balaban J connectivity index is 3.06. The lowest BCUT2D eigenvalue weighted by atomic mass is 10.1. The molecule has 0 fully saturated rings. The Hall–Kier alpha value is -0.160. The molecule has 1 rings (SSSR count). The molecular formula is C8H9FIN. The van der Waals surface area contributed by atoms with Crippen molar-refractivity contribution in [1.29, 1.82) is 0 Å². The minimum Gasteiger partial charge on any atom is -0.313 e. The van der Waals surface area contributed by atoms with E-state index < -0.39 is 3.55 Å². The van der Waals surface area contributed by atoms with Crippen LogP contribution in [0.2, 0.25) is 0 Å². The van der Waals surface area contributed by atoms with Gasteiger partial charge in [-0.05, 0) is 24.6 Å². The molecule has 60 valence electrons. The van der Waals surface area contributed by atoms with E-state index in [4.69, 9.17) is 5.73 Å². The van der Waals surface area contributed by atoms with Crippen molar-refractivity contribution in [2.45, 2.75) is 10.5 Å². The van der Waals surface area contributed by atoms with Crippen molar-refractivity contribution in [2.24, 2.45) is 5.73 Å². The van der Waals surface area contributed by atoms with Gasteiger partial charge in [-0.2, -0.15) is 0 Å². The summed E-state index contributed by atoms with van der Waals surface area (Å²) in [5.41, 5.74) is 6.55. The molecule has 1 atom stereocenters. The van der Waals surface area contributed by atoms with Crippen LogP contribution in [0.15, 0.2) is 24.3 Å². The molecule has 2 N–H and O–H groups in total. The number of hydrogen-bond donors (Lipinski definition) is 1. The quantitative estimate of drug-likeness (QED) is 0.471. The van der Waals surface area contributed by atoms with Gasteiger partial charge in [0.1, 0.15) is 5.82 Å². The van der Waals surface area contributed by atoms with Crippen molar-refractivity contribution in [2.75, 3.05) is 0 Å². The van der Waals surface area contributed by atoms with E-state index in [9.17, 15) is 4.39 Å². The number of alkyl halides is 1. The van der Waals surface area contributed by atoms with Crippen LogP contribution in [0.1, 0.15) is 12.5 Å². The zero-order chi connectivity index (χ0) is 8.48. The highest BCUT2D eigenvalue weighted by molar-refractivity contribution is 14.1. The van der Waals surface area contributed by atoms with E-state index >= 15 is 0 Å². The molecule has 0 aliphatic heterocycles. The van der Waals surface area contributed by atoms with E-state index in [1.54, 1.807) is 6.07 Å². The van der Waals surface area contributed by atoms with Crippen LogP contribution in [-0.4, -0.2) is 0 Å². The van der Waals surface area contributed by atoms with E-state index in [1.165, 1.54) is 12.1 Å². The molecule has 0 radical (unpaired) electrons. The van der Waals surface area contributed by atoms with Crippen molar-refractivity contribution in [1.82, 2.24) is 0 Å². The molecule has 0 spiro atoms. The average Bonchev–Trinajstić information content (AvgIpc) is 1.86. The molecule has 1 nitrogen and oxygen atoms in total. The first kappa shape index (κ1) is 8.93. The van der Waals surface area contributed by atoms with Gasteiger partial charge in [-0.25, -0.2) is 4.39 Å². The standard InChI is InChI=1S/C8H9FIN/c1-8(10,11)6-3-2-4-7(9)5-6/h2-5H,11H2,1H3/t8-/m1/s1.